The lowest BCUT2D eigenvalue weighted by Crippen LogP contribution is -2.45. The Kier molecular flexibility index (Phi) is 8.29. The Bertz CT molecular complexity index is 1230. The standard InChI is InChI=1S/C27H30N4O4/c28-14-24-16-31(11-12-35-24)15-21-5-3-19(4-6-21)1-2-20-7-9-22(10-8-20)23(17-32)13-25-26(33)27(34)30-18-29-25/h3-10,18,23-24,32-33H,11-17,28H2,(H,29,30,34). The molecule has 1 aliphatic heterocycles. The minimum absolute atomic E-state index is 0.111. The minimum Gasteiger partial charge on any atom is -0.502 e. The van der Waals surface area contributed by atoms with Gasteiger partial charge in [0.1, 0.15) is 0 Å². The number of aromatic hydroxyl groups is 1. The van der Waals surface area contributed by atoms with Crippen molar-refractivity contribution in [1.29, 1.82) is 0 Å². The number of aliphatic hydroxyl groups is 1. The lowest BCUT2D eigenvalue weighted by atomic mass is 9.94. The molecule has 35 heavy (non-hydrogen) atoms. The van der Waals surface area contributed by atoms with Crippen LogP contribution in [0.15, 0.2) is 59.7 Å². The van der Waals surface area contributed by atoms with Gasteiger partial charge in [0.2, 0.25) is 5.75 Å². The van der Waals surface area contributed by atoms with Gasteiger partial charge >= 0.3 is 0 Å². The van der Waals surface area contributed by atoms with E-state index in [1.807, 2.05) is 36.4 Å². The van der Waals surface area contributed by atoms with Gasteiger partial charge in [0.05, 0.1) is 31.3 Å². The maximum absolute atomic E-state index is 11.6. The number of morpholine rings is 1. The molecule has 2 heterocycles. The number of rotatable bonds is 7. The first-order chi connectivity index (χ1) is 17.1. The molecular weight excluding hydrogens is 444 g/mol. The number of hydrogen-bond acceptors (Lipinski definition) is 7. The Balaban J connectivity index is 1.37. The summed E-state index contributed by atoms with van der Waals surface area (Å²) in [6.07, 6.45) is 1.61. The van der Waals surface area contributed by atoms with Crippen molar-refractivity contribution in [3.63, 3.8) is 0 Å². The Morgan fingerprint density at radius 3 is 2.49 bits per heavy atom. The second-order valence-electron chi connectivity index (χ2n) is 8.64. The second-order valence-corrected chi connectivity index (χ2v) is 8.64. The smallest absolute Gasteiger partial charge is 0.293 e. The highest BCUT2D eigenvalue weighted by Crippen LogP contribution is 2.22. The largest absolute Gasteiger partial charge is 0.502 e. The molecule has 8 heteroatoms. The molecular formula is C27H30N4O4. The number of aromatic nitrogens is 2. The summed E-state index contributed by atoms with van der Waals surface area (Å²) >= 11 is 0. The third kappa shape index (κ3) is 6.56. The van der Waals surface area contributed by atoms with Gasteiger partial charge in [-0.1, -0.05) is 36.1 Å². The molecule has 0 spiro atoms. The second kappa shape index (κ2) is 11.8. The van der Waals surface area contributed by atoms with Crippen LogP contribution < -0.4 is 11.3 Å². The fraction of sp³-hybridized carbons (Fsp3) is 0.333. The van der Waals surface area contributed by atoms with E-state index >= 15 is 0 Å². The van der Waals surface area contributed by atoms with Gasteiger partial charge < -0.3 is 25.7 Å². The topological polar surface area (TPSA) is 125 Å². The Hall–Kier alpha value is -3.48. The van der Waals surface area contributed by atoms with Crippen LogP contribution in [0.25, 0.3) is 0 Å². The van der Waals surface area contributed by atoms with Crippen LogP contribution in [-0.4, -0.2) is 64.0 Å². The lowest BCUT2D eigenvalue weighted by Gasteiger charge is -2.32. The maximum atomic E-state index is 11.6. The van der Waals surface area contributed by atoms with Crippen LogP contribution in [-0.2, 0) is 17.7 Å². The highest BCUT2D eigenvalue weighted by atomic mass is 16.5. The summed E-state index contributed by atoms with van der Waals surface area (Å²) in [6.45, 7) is 3.75. The number of benzene rings is 2. The van der Waals surface area contributed by atoms with Gasteiger partial charge in [-0.15, -0.1) is 0 Å². The number of nitrogens with one attached hydrogen (secondary N) is 1. The van der Waals surface area contributed by atoms with Crippen LogP contribution in [0.3, 0.4) is 0 Å². The third-order valence-electron chi connectivity index (χ3n) is 6.14. The zero-order chi connectivity index (χ0) is 24.6. The lowest BCUT2D eigenvalue weighted by molar-refractivity contribution is -0.0260. The number of hydrogen-bond donors (Lipinski definition) is 4. The van der Waals surface area contributed by atoms with Gasteiger partial charge in [0.25, 0.3) is 5.56 Å². The van der Waals surface area contributed by atoms with Crippen LogP contribution in [0.2, 0.25) is 0 Å². The third-order valence-corrected chi connectivity index (χ3v) is 6.14. The molecule has 0 bridgehead atoms. The van der Waals surface area contributed by atoms with Gasteiger partial charge in [-0.25, -0.2) is 4.98 Å². The van der Waals surface area contributed by atoms with E-state index in [4.69, 9.17) is 10.5 Å². The van der Waals surface area contributed by atoms with Gasteiger partial charge in [-0.05, 0) is 35.4 Å². The SMILES string of the molecule is NCC1CN(Cc2ccc(C#Cc3ccc(C(CO)Cc4nc[nH]c(=O)c4O)cc3)cc2)CCO1. The zero-order valence-electron chi connectivity index (χ0n) is 19.5. The molecule has 182 valence electrons. The first-order valence-corrected chi connectivity index (χ1v) is 11.7. The molecule has 0 amide bonds. The van der Waals surface area contributed by atoms with Crippen molar-refractivity contribution in [2.24, 2.45) is 5.73 Å². The highest BCUT2D eigenvalue weighted by Gasteiger charge is 2.19. The normalized spacial score (nSPS) is 16.9. The molecule has 1 aromatic heterocycles. The van der Waals surface area contributed by atoms with Crippen LogP contribution in [0.4, 0.5) is 0 Å². The fourth-order valence-electron chi connectivity index (χ4n) is 4.10. The molecule has 8 nitrogen and oxygen atoms in total. The number of nitrogens with two attached hydrogens (primary N) is 1. The molecule has 0 radical (unpaired) electrons. The molecule has 1 aliphatic rings. The van der Waals surface area contributed by atoms with E-state index in [-0.39, 0.29) is 30.7 Å². The van der Waals surface area contributed by atoms with Crippen molar-refractivity contribution in [2.75, 3.05) is 32.8 Å². The molecule has 2 unspecified atom stereocenters. The van der Waals surface area contributed by atoms with Crippen molar-refractivity contribution in [1.82, 2.24) is 14.9 Å². The van der Waals surface area contributed by atoms with E-state index in [0.29, 0.717) is 13.2 Å². The van der Waals surface area contributed by atoms with Gasteiger partial charge in [-0.3, -0.25) is 9.69 Å². The van der Waals surface area contributed by atoms with E-state index in [9.17, 15) is 15.0 Å². The van der Waals surface area contributed by atoms with Crippen molar-refractivity contribution in [3.8, 4) is 17.6 Å². The number of nitrogens with zero attached hydrogens (tertiary/aromatic N) is 2. The molecule has 2 atom stereocenters. The monoisotopic (exact) mass is 474 g/mol. The number of aromatic amines is 1. The van der Waals surface area contributed by atoms with Gasteiger partial charge in [0, 0.05) is 49.6 Å². The maximum Gasteiger partial charge on any atom is 0.293 e. The van der Waals surface area contributed by atoms with E-state index in [1.165, 1.54) is 11.9 Å². The van der Waals surface area contributed by atoms with Crippen LogP contribution in [0.5, 0.6) is 5.75 Å². The first-order valence-electron chi connectivity index (χ1n) is 11.7. The molecule has 4 rings (SSSR count). The molecule has 1 fully saturated rings. The van der Waals surface area contributed by atoms with E-state index in [2.05, 4.69) is 38.8 Å². The van der Waals surface area contributed by atoms with Crippen molar-refractivity contribution in [2.45, 2.75) is 25.0 Å². The van der Waals surface area contributed by atoms with Gasteiger partial charge in [0.15, 0.2) is 0 Å². The summed E-state index contributed by atoms with van der Waals surface area (Å²) in [4.78, 5) is 20.3. The van der Waals surface area contributed by atoms with Crippen LogP contribution in [0, 0.1) is 11.8 Å². The summed E-state index contributed by atoms with van der Waals surface area (Å²) in [5, 5.41) is 19.7. The Labute approximate surface area is 204 Å². The number of ether oxygens (including phenoxy) is 1. The summed E-state index contributed by atoms with van der Waals surface area (Å²) in [7, 11) is 0. The van der Waals surface area contributed by atoms with E-state index in [1.54, 1.807) is 0 Å². The number of aliphatic hydroxyl groups excluding tert-OH is 1. The molecule has 1 saturated heterocycles. The summed E-state index contributed by atoms with van der Waals surface area (Å²) in [6, 6.07) is 15.9. The quantitative estimate of drug-likeness (QED) is 0.381. The Morgan fingerprint density at radius 1 is 1.14 bits per heavy atom. The van der Waals surface area contributed by atoms with E-state index < -0.39 is 11.3 Å². The van der Waals surface area contributed by atoms with Crippen molar-refractivity contribution >= 4 is 0 Å². The zero-order valence-corrected chi connectivity index (χ0v) is 19.5. The summed E-state index contributed by atoms with van der Waals surface area (Å²) in [5.74, 6) is 5.66. The predicted octanol–water partition coefficient (Wildman–Crippen LogP) is 1.35. The van der Waals surface area contributed by atoms with Gasteiger partial charge in [-0.2, -0.15) is 0 Å². The van der Waals surface area contributed by atoms with E-state index in [0.717, 1.165) is 36.3 Å². The van der Waals surface area contributed by atoms with Crippen LogP contribution >= 0.6 is 0 Å². The minimum atomic E-state index is -0.591. The van der Waals surface area contributed by atoms with Crippen molar-refractivity contribution in [3.05, 3.63) is 93.2 Å². The summed E-state index contributed by atoms with van der Waals surface area (Å²) < 4.78 is 5.63. The van der Waals surface area contributed by atoms with Crippen LogP contribution in [0.1, 0.15) is 33.9 Å². The van der Waals surface area contributed by atoms with Crippen molar-refractivity contribution < 1.29 is 14.9 Å². The Morgan fingerprint density at radius 2 is 1.83 bits per heavy atom. The molecule has 5 N–H and O–H groups in total. The molecule has 0 aliphatic carbocycles. The fourth-order valence-corrected chi connectivity index (χ4v) is 4.10. The molecule has 3 aromatic rings. The summed E-state index contributed by atoms with van der Waals surface area (Å²) in [5.41, 5.74) is 9.29. The molecule has 0 saturated carbocycles. The molecule has 2 aromatic carbocycles. The highest BCUT2D eigenvalue weighted by molar-refractivity contribution is 5.44. The average Bonchev–Trinajstić information content (AvgIpc) is 2.89. The average molecular weight is 475 g/mol. The predicted molar refractivity (Wildman–Crippen MR) is 133 cm³/mol. The number of H-pyrrole nitrogens is 1. The first kappa shape index (κ1) is 24.6.